The number of alkyl halides is 3. The Hall–Kier alpha value is -3.07. The lowest BCUT2D eigenvalue weighted by atomic mass is 9.93. The molecule has 1 heterocycles. The Morgan fingerprint density at radius 3 is 2.43 bits per heavy atom. The summed E-state index contributed by atoms with van der Waals surface area (Å²) in [6.07, 6.45) is -4.03. The second kappa shape index (κ2) is 11.1. The van der Waals surface area contributed by atoms with E-state index in [-0.39, 0.29) is 37.3 Å². The summed E-state index contributed by atoms with van der Waals surface area (Å²) in [5.41, 5.74) is 9.03. The summed E-state index contributed by atoms with van der Waals surface area (Å²) < 4.78 is 40.9. The first-order chi connectivity index (χ1) is 17.7. The number of aliphatic hydroxyl groups is 1. The van der Waals surface area contributed by atoms with Gasteiger partial charge in [0.25, 0.3) is 5.91 Å². The summed E-state index contributed by atoms with van der Waals surface area (Å²) in [7, 11) is 0. The average molecular weight is 532 g/mol. The van der Waals surface area contributed by atoms with Crippen LogP contribution in [0.4, 0.5) is 18.9 Å². The van der Waals surface area contributed by atoms with Gasteiger partial charge in [-0.05, 0) is 52.9 Å². The number of hydrogen-bond donors (Lipinski definition) is 2. The molecule has 0 spiro atoms. The Morgan fingerprint density at radius 1 is 1.08 bits per heavy atom. The van der Waals surface area contributed by atoms with E-state index in [0.717, 1.165) is 40.1 Å². The number of amides is 1. The molecule has 0 radical (unpaired) electrons. The van der Waals surface area contributed by atoms with Gasteiger partial charge in [-0.3, -0.25) is 4.79 Å². The average Bonchev–Trinajstić information content (AvgIpc) is 2.91. The van der Waals surface area contributed by atoms with Crippen LogP contribution in [0, 0.1) is 0 Å². The number of carbonyl (C=O) groups is 1. The molecule has 1 amide bonds. The van der Waals surface area contributed by atoms with Crippen molar-refractivity contribution in [3.63, 3.8) is 0 Å². The van der Waals surface area contributed by atoms with Crippen LogP contribution in [-0.4, -0.2) is 41.6 Å². The zero-order valence-corrected chi connectivity index (χ0v) is 21.2. The van der Waals surface area contributed by atoms with E-state index >= 15 is 0 Å². The van der Waals surface area contributed by atoms with E-state index in [1.165, 1.54) is 11.0 Å². The summed E-state index contributed by atoms with van der Waals surface area (Å²) in [4.78, 5) is 16.8. The molecule has 3 aromatic rings. The Labute approximate surface area is 219 Å². The number of nitrogens with two attached hydrogens (primary N) is 1. The molecule has 196 valence electrons. The van der Waals surface area contributed by atoms with Crippen LogP contribution in [0.25, 0.3) is 11.1 Å². The number of anilines is 1. The highest BCUT2D eigenvalue weighted by Crippen LogP contribution is 2.37. The standard InChI is InChI=1S/C28H29ClF3N3O2/c1-2-20-16-34(27(37)22-9-8-19(29)14-25(22)28(30,31)32)12-13-35(20)26-11-10-21(18-6-4-3-5-7-18)24(17-36)23(26)15-33/h3-11,14,20,36H,2,12-13,15-17,33H2,1H3/t20-/m1/s1. The highest BCUT2D eigenvalue weighted by Gasteiger charge is 2.38. The topological polar surface area (TPSA) is 69.8 Å². The zero-order valence-electron chi connectivity index (χ0n) is 20.4. The minimum atomic E-state index is -4.70. The maximum atomic E-state index is 13.6. The van der Waals surface area contributed by atoms with Gasteiger partial charge in [-0.25, -0.2) is 0 Å². The summed E-state index contributed by atoms with van der Waals surface area (Å²) in [5.74, 6) is -0.670. The number of hydrogen-bond acceptors (Lipinski definition) is 4. The summed E-state index contributed by atoms with van der Waals surface area (Å²) in [5, 5.41) is 10.2. The minimum Gasteiger partial charge on any atom is -0.392 e. The van der Waals surface area contributed by atoms with Crippen molar-refractivity contribution in [3.8, 4) is 11.1 Å². The molecule has 1 saturated heterocycles. The lowest BCUT2D eigenvalue weighted by molar-refractivity contribution is -0.138. The van der Waals surface area contributed by atoms with E-state index in [2.05, 4.69) is 4.90 Å². The van der Waals surface area contributed by atoms with E-state index in [0.29, 0.717) is 13.0 Å². The molecular weight excluding hydrogens is 503 g/mol. The van der Waals surface area contributed by atoms with Gasteiger partial charge < -0.3 is 20.6 Å². The molecule has 0 bridgehead atoms. The lowest BCUT2D eigenvalue weighted by Crippen LogP contribution is -2.55. The van der Waals surface area contributed by atoms with Gasteiger partial charge in [0.1, 0.15) is 0 Å². The molecule has 1 fully saturated rings. The monoisotopic (exact) mass is 531 g/mol. The number of rotatable bonds is 6. The molecule has 5 nitrogen and oxygen atoms in total. The number of benzene rings is 3. The fourth-order valence-electron chi connectivity index (χ4n) is 5.06. The molecule has 1 aliphatic heterocycles. The molecule has 1 aliphatic rings. The molecule has 3 aromatic carbocycles. The van der Waals surface area contributed by atoms with E-state index in [1.807, 2.05) is 49.4 Å². The largest absolute Gasteiger partial charge is 0.417 e. The van der Waals surface area contributed by atoms with Gasteiger partial charge in [0, 0.05) is 42.9 Å². The molecule has 0 aliphatic carbocycles. The molecule has 0 saturated carbocycles. The number of nitrogens with zero attached hydrogens (tertiary/aromatic N) is 2. The molecule has 0 aromatic heterocycles. The van der Waals surface area contributed by atoms with Gasteiger partial charge in [-0.15, -0.1) is 0 Å². The number of aliphatic hydroxyl groups excluding tert-OH is 1. The zero-order chi connectivity index (χ0) is 26.7. The van der Waals surface area contributed by atoms with Crippen LogP contribution in [0.1, 0.15) is 40.4 Å². The first kappa shape index (κ1) is 27.0. The molecule has 37 heavy (non-hydrogen) atoms. The van der Waals surface area contributed by atoms with Crippen molar-refractivity contribution in [1.82, 2.24) is 4.90 Å². The van der Waals surface area contributed by atoms with Crippen LogP contribution in [0.2, 0.25) is 5.02 Å². The SMILES string of the molecule is CC[C@@H]1CN(C(=O)c2ccc(Cl)cc2C(F)(F)F)CCN1c1ccc(-c2ccccc2)c(CO)c1CN. The van der Waals surface area contributed by atoms with Crippen LogP contribution < -0.4 is 10.6 Å². The Bertz CT molecular complexity index is 1270. The second-order valence-electron chi connectivity index (χ2n) is 9.01. The van der Waals surface area contributed by atoms with Crippen molar-refractivity contribution in [1.29, 1.82) is 0 Å². The van der Waals surface area contributed by atoms with Crippen LogP contribution in [0.3, 0.4) is 0 Å². The third-order valence-electron chi connectivity index (χ3n) is 6.92. The quantitative estimate of drug-likeness (QED) is 0.427. The van der Waals surface area contributed by atoms with Crippen molar-refractivity contribution in [2.24, 2.45) is 5.73 Å². The molecular formula is C28H29ClF3N3O2. The van der Waals surface area contributed by atoms with Gasteiger partial charge in [-0.1, -0.05) is 54.9 Å². The normalized spacial score (nSPS) is 16.2. The van der Waals surface area contributed by atoms with Gasteiger partial charge in [0.2, 0.25) is 0 Å². The van der Waals surface area contributed by atoms with Crippen LogP contribution >= 0.6 is 11.6 Å². The van der Waals surface area contributed by atoms with E-state index < -0.39 is 23.2 Å². The number of halogens is 4. The van der Waals surface area contributed by atoms with Crippen molar-refractivity contribution in [2.75, 3.05) is 24.5 Å². The van der Waals surface area contributed by atoms with E-state index in [4.69, 9.17) is 17.3 Å². The molecule has 0 unspecified atom stereocenters. The minimum absolute atomic E-state index is 0.0759. The van der Waals surface area contributed by atoms with Gasteiger partial charge >= 0.3 is 6.18 Å². The highest BCUT2D eigenvalue weighted by atomic mass is 35.5. The summed E-state index contributed by atoms with van der Waals surface area (Å²) in [6.45, 7) is 2.92. The van der Waals surface area contributed by atoms with Crippen LogP contribution in [0.15, 0.2) is 60.7 Å². The Kier molecular flexibility index (Phi) is 8.11. The van der Waals surface area contributed by atoms with Crippen LogP contribution in [0.5, 0.6) is 0 Å². The Balaban J connectivity index is 1.64. The van der Waals surface area contributed by atoms with E-state index in [1.54, 1.807) is 0 Å². The molecule has 4 rings (SSSR count). The first-order valence-corrected chi connectivity index (χ1v) is 12.5. The second-order valence-corrected chi connectivity index (χ2v) is 9.45. The Morgan fingerprint density at radius 2 is 1.81 bits per heavy atom. The van der Waals surface area contributed by atoms with E-state index in [9.17, 15) is 23.1 Å². The maximum Gasteiger partial charge on any atom is 0.417 e. The predicted molar refractivity (Wildman–Crippen MR) is 139 cm³/mol. The maximum absolute atomic E-state index is 13.6. The van der Waals surface area contributed by atoms with Crippen LogP contribution in [-0.2, 0) is 19.3 Å². The van der Waals surface area contributed by atoms with Crippen molar-refractivity contribution in [2.45, 2.75) is 38.7 Å². The summed E-state index contributed by atoms with van der Waals surface area (Å²) >= 11 is 5.79. The molecule has 9 heteroatoms. The predicted octanol–water partition coefficient (Wildman–Crippen LogP) is 5.72. The lowest BCUT2D eigenvalue weighted by Gasteiger charge is -2.43. The van der Waals surface area contributed by atoms with Crippen molar-refractivity contribution < 1.29 is 23.1 Å². The molecule has 1 atom stereocenters. The van der Waals surface area contributed by atoms with Crippen molar-refractivity contribution >= 4 is 23.2 Å². The highest BCUT2D eigenvalue weighted by molar-refractivity contribution is 6.30. The van der Waals surface area contributed by atoms with Gasteiger partial charge in [-0.2, -0.15) is 13.2 Å². The third kappa shape index (κ3) is 5.46. The first-order valence-electron chi connectivity index (χ1n) is 12.1. The molecule has 3 N–H and O–H groups in total. The number of carbonyl (C=O) groups excluding carboxylic acids is 1. The smallest absolute Gasteiger partial charge is 0.392 e. The number of piperazine rings is 1. The van der Waals surface area contributed by atoms with Gasteiger partial charge in [0.05, 0.1) is 17.7 Å². The van der Waals surface area contributed by atoms with Gasteiger partial charge in [0.15, 0.2) is 0 Å². The summed E-state index contributed by atoms with van der Waals surface area (Å²) in [6, 6.07) is 16.8. The third-order valence-corrected chi connectivity index (χ3v) is 7.16. The fraction of sp³-hybridized carbons (Fsp3) is 0.321. The fourth-order valence-corrected chi connectivity index (χ4v) is 5.23. The van der Waals surface area contributed by atoms with Crippen molar-refractivity contribution in [3.05, 3.63) is 87.9 Å².